The predicted octanol–water partition coefficient (Wildman–Crippen LogP) is 2.75. The molecule has 1 N–H and O–H groups in total. The standard InChI is InChI=1S/C14H21NO2/c1-5-14(2,3)13(16)15-10-11-6-8-12(17-4)9-7-11/h6-9H,5,10H2,1-4H3,(H,15,16). The molecule has 0 radical (unpaired) electrons. The molecule has 1 amide bonds. The molecule has 94 valence electrons. The van der Waals surface area contributed by atoms with Crippen molar-refractivity contribution in [3.05, 3.63) is 29.8 Å². The molecule has 0 saturated heterocycles. The van der Waals surface area contributed by atoms with Crippen LogP contribution in [0.3, 0.4) is 0 Å². The van der Waals surface area contributed by atoms with Crippen molar-refractivity contribution >= 4 is 5.91 Å². The molecule has 1 aromatic carbocycles. The highest BCUT2D eigenvalue weighted by atomic mass is 16.5. The first-order valence-electron chi connectivity index (χ1n) is 5.91. The van der Waals surface area contributed by atoms with Gasteiger partial charge in [-0.05, 0) is 24.1 Å². The summed E-state index contributed by atoms with van der Waals surface area (Å²) in [7, 11) is 1.64. The summed E-state index contributed by atoms with van der Waals surface area (Å²) in [6.45, 7) is 6.49. The summed E-state index contributed by atoms with van der Waals surface area (Å²) in [5, 5.41) is 2.95. The Morgan fingerprint density at radius 1 is 1.29 bits per heavy atom. The van der Waals surface area contributed by atoms with Gasteiger partial charge < -0.3 is 10.1 Å². The molecule has 0 aliphatic carbocycles. The summed E-state index contributed by atoms with van der Waals surface area (Å²) in [4.78, 5) is 11.9. The minimum atomic E-state index is -0.299. The SMILES string of the molecule is CCC(C)(C)C(=O)NCc1ccc(OC)cc1. The molecule has 0 bridgehead atoms. The van der Waals surface area contributed by atoms with E-state index in [0.29, 0.717) is 6.54 Å². The maximum Gasteiger partial charge on any atom is 0.225 e. The van der Waals surface area contributed by atoms with E-state index in [1.54, 1.807) is 7.11 Å². The Kier molecular flexibility index (Phi) is 4.55. The molecule has 0 aromatic heterocycles. The van der Waals surface area contributed by atoms with E-state index in [0.717, 1.165) is 17.7 Å². The zero-order chi connectivity index (χ0) is 12.9. The van der Waals surface area contributed by atoms with E-state index in [4.69, 9.17) is 4.74 Å². The Morgan fingerprint density at radius 2 is 1.88 bits per heavy atom. The van der Waals surface area contributed by atoms with Crippen LogP contribution in [0.5, 0.6) is 5.75 Å². The molecule has 0 spiro atoms. The number of ether oxygens (including phenoxy) is 1. The largest absolute Gasteiger partial charge is 0.497 e. The van der Waals surface area contributed by atoms with Crippen LogP contribution in [0.4, 0.5) is 0 Å². The van der Waals surface area contributed by atoms with E-state index in [2.05, 4.69) is 5.32 Å². The second-order valence-electron chi connectivity index (χ2n) is 4.77. The van der Waals surface area contributed by atoms with E-state index in [1.807, 2.05) is 45.0 Å². The topological polar surface area (TPSA) is 38.3 Å². The number of benzene rings is 1. The lowest BCUT2D eigenvalue weighted by molar-refractivity contribution is -0.129. The minimum Gasteiger partial charge on any atom is -0.497 e. The summed E-state index contributed by atoms with van der Waals surface area (Å²) in [6, 6.07) is 7.70. The first-order chi connectivity index (χ1) is 7.99. The Hall–Kier alpha value is -1.51. The van der Waals surface area contributed by atoms with Gasteiger partial charge in [0.1, 0.15) is 5.75 Å². The molecule has 3 heteroatoms. The van der Waals surface area contributed by atoms with Crippen LogP contribution < -0.4 is 10.1 Å². The lowest BCUT2D eigenvalue weighted by atomic mass is 9.89. The van der Waals surface area contributed by atoms with E-state index in [9.17, 15) is 4.79 Å². The van der Waals surface area contributed by atoms with Crippen LogP contribution in [0, 0.1) is 5.41 Å². The molecule has 0 heterocycles. The van der Waals surface area contributed by atoms with Crippen LogP contribution in [-0.4, -0.2) is 13.0 Å². The molecule has 1 rings (SSSR count). The highest BCUT2D eigenvalue weighted by Crippen LogP contribution is 2.19. The van der Waals surface area contributed by atoms with Gasteiger partial charge in [0, 0.05) is 12.0 Å². The Labute approximate surface area is 103 Å². The maximum absolute atomic E-state index is 11.9. The van der Waals surface area contributed by atoms with Gasteiger partial charge in [-0.3, -0.25) is 4.79 Å². The number of hydrogen-bond donors (Lipinski definition) is 1. The zero-order valence-electron chi connectivity index (χ0n) is 11.0. The van der Waals surface area contributed by atoms with Gasteiger partial charge in [0.25, 0.3) is 0 Å². The van der Waals surface area contributed by atoms with E-state index < -0.39 is 0 Å². The fraction of sp³-hybridized carbons (Fsp3) is 0.500. The van der Waals surface area contributed by atoms with Crippen molar-refractivity contribution in [3.8, 4) is 5.75 Å². The summed E-state index contributed by atoms with van der Waals surface area (Å²) in [5.41, 5.74) is 0.776. The van der Waals surface area contributed by atoms with Crippen molar-refractivity contribution in [2.45, 2.75) is 33.7 Å². The van der Waals surface area contributed by atoms with Crippen molar-refractivity contribution in [3.63, 3.8) is 0 Å². The number of nitrogens with one attached hydrogen (secondary N) is 1. The predicted molar refractivity (Wildman–Crippen MR) is 68.9 cm³/mol. The number of carbonyl (C=O) groups is 1. The lowest BCUT2D eigenvalue weighted by Crippen LogP contribution is -2.35. The second-order valence-corrected chi connectivity index (χ2v) is 4.77. The lowest BCUT2D eigenvalue weighted by Gasteiger charge is -2.21. The molecule has 3 nitrogen and oxygen atoms in total. The van der Waals surface area contributed by atoms with Crippen LogP contribution in [0.25, 0.3) is 0 Å². The smallest absolute Gasteiger partial charge is 0.225 e. The molecule has 0 aliphatic heterocycles. The van der Waals surface area contributed by atoms with Gasteiger partial charge in [-0.25, -0.2) is 0 Å². The van der Waals surface area contributed by atoms with Crippen molar-refractivity contribution in [2.24, 2.45) is 5.41 Å². The number of carbonyl (C=O) groups excluding carboxylic acids is 1. The quantitative estimate of drug-likeness (QED) is 0.852. The van der Waals surface area contributed by atoms with Gasteiger partial charge >= 0.3 is 0 Å². The Morgan fingerprint density at radius 3 is 2.35 bits per heavy atom. The number of amides is 1. The molecule has 0 atom stereocenters. The van der Waals surface area contributed by atoms with Gasteiger partial charge in [-0.15, -0.1) is 0 Å². The third-order valence-electron chi connectivity index (χ3n) is 3.11. The molecule has 1 aromatic rings. The third kappa shape index (κ3) is 3.77. The highest BCUT2D eigenvalue weighted by molar-refractivity contribution is 5.81. The summed E-state index contributed by atoms with van der Waals surface area (Å²) >= 11 is 0. The average molecular weight is 235 g/mol. The van der Waals surface area contributed by atoms with Crippen LogP contribution in [0.1, 0.15) is 32.8 Å². The number of methoxy groups -OCH3 is 1. The molecule has 17 heavy (non-hydrogen) atoms. The maximum atomic E-state index is 11.9. The normalized spacial score (nSPS) is 11.1. The van der Waals surface area contributed by atoms with Gasteiger partial charge in [-0.2, -0.15) is 0 Å². The van der Waals surface area contributed by atoms with Gasteiger partial charge in [0.05, 0.1) is 7.11 Å². The fourth-order valence-corrected chi connectivity index (χ4v) is 1.33. The van der Waals surface area contributed by atoms with Crippen LogP contribution in [0.15, 0.2) is 24.3 Å². The van der Waals surface area contributed by atoms with E-state index in [1.165, 1.54) is 0 Å². The summed E-state index contributed by atoms with van der Waals surface area (Å²) in [5.74, 6) is 0.921. The van der Waals surface area contributed by atoms with E-state index >= 15 is 0 Å². The van der Waals surface area contributed by atoms with Crippen molar-refractivity contribution in [1.29, 1.82) is 0 Å². The Balaban J connectivity index is 2.53. The molecule has 0 fully saturated rings. The van der Waals surface area contributed by atoms with Crippen LogP contribution >= 0.6 is 0 Å². The fourth-order valence-electron chi connectivity index (χ4n) is 1.33. The van der Waals surface area contributed by atoms with Gasteiger partial charge in [0.15, 0.2) is 0 Å². The molecule has 0 unspecified atom stereocenters. The Bertz CT molecular complexity index is 368. The molecular weight excluding hydrogens is 214 g/mol. The number of hydrogen-bond acceptors (Lipinski definition) is 2. The number of rotatable bonds is 5. The van der Waals surface area contributed by atoms with Crippen molar-refractivity contribution < 1.29 is 9.53 Å². The first kappa shape index (κ1) is 13.6. The monoisotopic (exact) mass is 235 g/mol. The zero-order valence-corrected chi connectivity index (χ0v) is 11.0. The minimum absolute atomic E-state index is 0.0934. The van der Waals surface area contributed by atoms with E-state index in [-0.39, 0.29) is 11.3 Å². The highest BCUT2D eigenvalue weighted by Gasteiger charge is 2.24. The summed E-state index contributed by atoms with van der Waals surface area (Å²) in [6.07, 6.45) is 0.835. The molecule has 0 saturated carbocycles. The van der Waals surface area contributed by atoms with Crippen molar-refractivity contribution in [1.82, 2.24) is 5.32 Å². The second kappa shape index (κ2) is 5.71. The van der Waals surface area contributed by atoms with Gasteiger partial charge in [-0.1, -0.05) is 32.9 Å². The van der Waals surface area contributed by atoms with Crippen LogP contribution in [-0.2, 0) is 11.3 Å². The summed E-state index contributed by atoms with van der Waals surface area (Å²) < 4.78 is 5.08. The molecule has 0 aliphatic rings. The van der Waals surface area contributed by atoms with Crippen LogP contribution in [0.2, 0.25) is 0 Å². The third-order valence-corrected chi connectivity index (χ3v) is 3.11. The molecular formula is C14H21NO2. The van der Waals surface area contributed by atoms with Gasteiger partial charge in [0.2, 0.25) is 5.91 Å². The average Bonchev–Trinajstić information content (AvgIpc) is 2.36. The first-order valence-corrected chi connectivity index (χ1v) is 5.91. The van der Waals surface area contributed by atoms with Crippen molar-refractivity contribution in [2.75, 3.05) is 7.11 Å².